The highest BCUT2D eigenvalue weighted by atomic mass is 79.9. The minimum atomic E-state index is -0.669. The summed E-state index contributed by atoms with van der Waals surface area (Å²) in [6, 6.07) is 11.6. The van der Waals surface area contributed by atoms with Crippen LogP contribution in [0.4, 0.5) is 23.0 Å². The molecule has 3 N–H and O–H groups in total. The summed E-state index contributed by atoms with van der Waals surface area (Å²) in [5.41, 5.74) is 4.80. The first-order valence-electron chi connectivity index (χ1n) is 8.49. The highest BCUT2D eigenvalue weighted by Gasteiger charge is 2.24. The summed E-state index contributed by atoms with van der Waals surface area (Å²) in [7, 11) is 0. The molecule has 1 amide bonds. The van der Waals surface area contributed by atoms with Gasteiger partial charge in [-0.25, -0.2) is 9.97 Å². The van der Waals surface area contributed by atoms with Gasteiger partial charge in [-0.1, -0.05) is 35.3 Å². The molecule has 3 aromatic rings. The highest BCUT2D eigenvalue weighted by molar-refractivity contribution is 9.10. The van der Waals surface area contributed by atoms with Crippen molar-refractivity contribution in [3.63, 3.8) is 0 Å². The van der Waals surface area contributed by atoms with E-state index in [0.29, 0.717) is 15.2 Å². The molecular weight excluding hydrogens is 515 g/mol. The van der Waals surface area contributed by atoms with E-state index in [4.69, 9.17) is 27.9 Å². The smallest absolute Gasteiger partial charge is 0.355 e. The third-order valence-electron chi connectivity index (χ3n) is 3.70. The van der Waals surface area contributed by atoms with Crippen LogP contribution in [0.5, 0.6) is 5.75 Å². The molecule has 0 saturated heterocycles. The number of carbonyl (C=O) groups is 1. The number of rotatable bonds is 8. The molecule has 31 heavy (non-hydrogen) atoms. The van der Waals surface area contributed by atoms with Crippen LogP contribution in [0, 0.1) is 10.1 Å². The molecule has 1 aromatic heterocycles. The maximum atomic E-state index is 12.1. The zero-order chi connectivity index (χ0) is 22.4. The van der Waals surface area contributed by atoms with E-state index in [-0.39, 0.29) is 22.4 Å². The molecule has 0 fully saturated rings. The number of carbonyl (C=O) groups excluding carboxylic acids is 1. The number of hydrogen-bond acceptors (Lipinski definition) is 8. The number of para-hydroxylation sites is 1. The molecule has 13 heteroatoms. The van der Waals surface area contributed by atoms with Crippen LogP contribution in [0.25, 0.3) is 0 Å². The molecule has 0 spiro atoms. The number of nitrogens with zero attached hydrogens (tertiary/aromatic N) is 3. The molecule has 2 aromatic carbocycles. The molecule has 0 aliphatic rings. The first-order chi connectivity index (χ1) is 14.8. The molecule has 0 unspecified atom stereocenters. The Kier molecular flexibility index (Phi) is 7.45. The summed E-state index contributed by atoms with van der Waals surface area (Å²) in [6.07, 6.45) is 1.12. The molecule has 1 heterocycles. The van der Waals surface area contributed by atoms with Crippen LogP contribution in [0.3, 0.4) is 0 Å². The van der Waals surface area contributed by atoms with Gasteiger partial charge in [0.15, 0.2) is 6.61 Å². The number of ether oxygens (including phenoxy) is 1. The van der Waals surface area contributed by atoms with Crippen LogP contribution in [0.2, 0.25) is 10.0 Å². The second-order valence-corrected chi connectivity index (χ2v) is 7.52. The van der Waals surface area contributed by atoms with Crippen LogP contribution in [-0.2, 0) is 4.79 Å². The first-order valence-corrected chi connectivity index (χ1v) is 10.0. The van der Waals surface area contributed by atoms with Gasteiger partial charge < -0.3 is 10.1 Å². The third-order valence-corrected chi connectivity index (χ3v) is 4.93. The molecule has 0 radical (unpaired) electrons. The summed E-state index contributed by atoms with van der Waals surface area (Å²) in [4.78, 5) is 30.8. The van der Waals surface area contributed by atoms with Gasteiger partial charge >= 0.3 is 5.69 Å². The molecule has 0 atom stereocenters. The van der Waals surface area contributed by atoms with Crippen LogP contribution in [0.1, 0.15) is 0 Å². The lowest BCUT2D eigenvalue weighted by Crippen LogP contribution is -2.34. The molecule has 0 saturated carbocycles. The summed E-state index contributed by atoms with van der Waals surface area (Å²) >= 11 is 15.1. The molecule has 3 rings (SSSR count). The van der Waals surface area contributed by atoms with Gasteiger partial charge in [-0.15, -0.1) is 0 Å². The Hall–Kier alpha value is -3.15. The lowest BCUT2D eigenvalue weighted by Gasteiger charge is -2.12. The lowest BCUT2D eigenvalue weighted by atomic mass is 10.3. The number of nitrogens with one attached hydrogen (secondary N) is 3. The van der Waals surface area contributed by atoms with E-state index < -0.39 is 23.1 Å². The first kappa shape index (κ1) is 22.5. The Morgan fingerprint density at radius 1 is 1.16 bits per heavy atom. The predicted molar refractivity (Wildman–Crippen MR) is 120 cm³/mol. The summed E-state index contributed by atoms with van der Waals surface area (Å²) < 4.78 is 5.99. The average molecular weight is 528 g/mol. The number of hydrogen-bond donors (Lipinski definition) is 3. The SMILES string of the molecule is O=C(COc1ccc(Cl)cc1Cl)NNc1ncnc(Nc2ccccc2Br)c1[N+](=O)[O-]. The Labute approximate surface area is 194 Å². The highest BCUT2D eigenvalue weighted by Crippen LogP contribution is 2.33. The van der Waals surface area contributed by atoms with E-state index in [9.17, 15) is 14.9 Å². The average Bonchev–Trinajstić information content (AvgIpc) is 2.73. The van der Waals surface area contributed by atoms with E-state index >= 15 is 0 Å². The van der Waals surface area contributed by atoms with Crippen molar-refractivity contribution in [2.75, 3.05) is 17.3 Å². The quantitative estimate of drug-likeness (QED) is 0.283. The minimum absolute atomic E-state index is 0.0622. The van der Waals surface area contributed by atoms with Crippen molar-refractivity contribution in [1.82, 2.24) is 15.4 Å². The summed E-state index contributed by atoms with van der Waals surface area (Å²) in [6.45, 7) is -0.407. The number of hydrazine groups is 1. The van der Waals surface area contributed by atoms with Crippen molar-refractivity contribution in [2.45, 2.75) is 0 Å². The van der Waals surface area contributed by atoms with E-state index in [1.165, 1.54) is 12.1 Å². The van der Waals surface area contributed by atoms with Crippen LogP contribution < -0.4 is 20.9 Å². The number of nitro groups is 1. The van der Waals surface area contributed by atoms with Crippen molar-refractivity contribution in [2.24, 2.45) is 0 Å². The Morgan fingerprint density at radius 3 is 2.61 bits per heavy atom. The van der Waals surface area contributed by atoms with Crippen molar-refractivity contribution in [1.29, 1.82) is 0 Å². The number of anilines is 3. The normalized spacial score (nSPS) is 10.3. The second kappa shape index (κ2) is 10.2. The van der Waals surface area contributed by atoms with Crippen molar-refractivity contribution in [3.05, 3.63) is 73.4 Å². The maximum Gasteiger partial charge on any atom is 0.355 e. The standard InChI is InChI=1S/C18H13BrCl2N6O4/c19-11-3-1-2-4-13(11)24-17-16(27(29)30)18(23-9-22-17)26-25-15(28)8-31-14-6-5-10(20)7-12(14)21/h1-7,9H,8H2,(H,25,28)(H2,22,23,24,26). The maximum absolute atomic E-state index is 12.1. The molecular formula is C18H13BrCl2N6O4. The van der Waals surface area contributed by atoms with Crippen molar-refractivity contribution in [3.8, 4) is 5.75 Å². The van der Waals surface area contributed by atoms with Crippen LogP contribution in [-0.4, -0.2) is 27.4 Å². The van der Waals surface area contributed by atoms with E-state index in [1.54, 1.807) is 30.3 Å². The monoisotopic (exact) mass is 526 g/mol. The number of aromatic nitrogens is 2. The van der Waals surface area contributed by atoms with Gasteiger partial charge in [0.1, 0.15) is 12.1 Å². The lowest BCUT2D eigenvalue weighted by molar-refractivity contribution is -0.383. The van der Waals surface area contributed by atoms with Gasteiger partial charge in [0.25, 0.3) is 5.91 Å². The minimum Gasteiger partial charge on any atom is -0.482 e. The van der Waals surface area contributed by atoms with Gasteiger partial charge in [-0.2, -0.15) is 0 Å². The van der Waals surface area contributed by atoms with Crippen molar-refractivity contribution < 1.29 is 14.5 Å². The molecule has 0 aliphatic heterocycles. The van der Waals surface area contributed by atoms with Crippen LogP contribution >= 0.6 is 39.1 Å². The van der Waals surface area contributed by atoms with Gasteiger partial charge in [0.05, 0.1) is 15.6 Å². The van der Waals surface area contributed by atoms with E-state index in [1.807, 2.05) is 0 Å². The topological polar surface area (TPSA) is 131 Å². The number of benzene rings is 2. The molecule has 0 bridgehead atoms. The second-order valence-electron chi connectivity index (χ2n) is 5.82. The van der Waals surface area contributed by atoms with E-state index in [0.717, 1.165) is 6.33 Å². The predicted octanol–water partition coefficient (Wildman–Crippen LogP) is 4.72. The van der Waals surface area contributed by atoms with E-state index in [2.05, 4.69) is 42.1 Å². The molecule has 10 nitrogen and oxygen atoms in total. The Balaban J connectivity index is 1.69. The number of amides is 1. The van der Waals surface area contributed by atoms with Gasteiger partial charge in [0.2, 0.25) is 11.6 Å². The zero-order valence-electron chi connectivity index (χ0n) is 15.4. The Morgan fingerprint density at radius 2 is 1.90 bits per heavy atom. The largest absolute Gasteiger partial charge is 0.482 e. The third kappa shape index (κ3) is 5.94. The van der Waals surface area contributed by atoms with Crippen LogP contribution in [0.15, 0.2) is 53.3 Å². The summed E-state index contributed by atoms with van der Waals surface area (Å²) in [5.74, 6) is -0.645. The fourth-order valence-electron chi connectivity index (χ4n) is 2.33. The summed E-state index contributed by atoms with van der Waals surface area (Å²) in [5, 5.41) is 15.1. The zero-order valence-corrected chi connectivity index (χ0v) is 18.5. The molecule has 160 valence electrons. The fourth-order valence-corrected chi connectivity index (χ4v) is 3.17. The number of halogens is 3. The van der Waals surface area contributed by atoms with Gasteiger partial charge in [0, 0.05) is 9.50 Å². The Bertz CT molecular complexity index is 1130. The fraction of sp³-hybridized carbons (Fsp3) is 0.0556. The van der Waals surface area contributed by atoms with Crippen molar-refractivity contribution >= 4 is 68.0 Å². The van der Waals surface area contributed by atoms with Gasteiger partial charge in [-0.3, -0.25) is 25.8 Å². The van der Waals surface area contributed by atoms with Gasteiger partial charge in [-0.05, 0) is 46.3 Å². The molecule has 0 aliphatic carbocycles.